The van der Waals surface area contributed by atoms with Crippen molar-refractivity contribution >= 4 is 18.1 Å². The number of aryl methyl sites for hydroxylation is 1. The van der Waals surface area contributed by atoms with Gasteiger partial charge >= 0.3 is 0 Å². The molecule has 6 heteroatoms. The van der Waals surface area contributed by atoms with Gasteiger partial charge in [-0.2, -0.15) is 0 Å². The Labute approximate surface area is 148 Å². The van der Waals surface area contributed by atoms with Gasteiger partial charge in [-0.25, -0.2) is 0 Å². The third-order valence-corrected chi connectivity index (χ3v) is 3.83. The van der Waals surface area contributed by atoms with Crippen molar-refractivity contribution in [2.75, 3.05) is 6.54 Å². The van der Waals surface area contributed by atoms with E-state index < -0.39 is 11.0 Å². The zero-order valence-electron chi connectivity index (χ0n) is 13.6. The highest BCUT2D eigenvalue weighted by molar-refractivity contribution is 5.85. The van der Waals surface area contributed by atoms with Crippen LogP contribution in [0, 0.1) is 10.1 Å². The van der Waals surface area contributed by atoms with E-state index in [1.54, 1.807) is 12.1 Å². The zero-order valence-corrected chi connectivity index (χ0v) is 14.4. The lowest BCUT2D eigenvalue weighted by Crippen LogP contribution is -2.30. The first kappa shape index (κ1) is 20.1. The predicted octanol–water partition coefficient (Wildman–Crippen LogP) is 3.66. The van der Waals surface area contributed by atoms with E-state index in [2.05, 4.69) is 24.4 Å². The Hall–Kier alpha value is -1.95. The Balaban J connectivity index is 0.00000288. The summed E-state index contributed by atoms with van der Waals surface area (Å²) < 4.78 is 0. The number of rotatable bonds is 8. The van der Waals surface area contributed by atoms with E-state index in [1.165, 1.54) is 17.7 Å². The molecule has 0 amide bonds. The third kappa shape index (κ3) is 6.28. The van der Waals surface area contributed by atoms with Gasteiger partial charge in [-0.05, 0) is 30.9 Å². The molecule has 0 aliphatic carbocycles. The van der Waals surface area contributed by atoms with Crippen LogP contribution in [0.25, 0.3) is 0 Å². The quantitative estimate of drug-likeness (QED) is 0.562. The fourth-order valence-corrected chi connectivity index (χ4v) is 2.41. The Morgan fingerprint density at radius 2 is 1.88 bits per heavy atom. The highest BCUT2D eigenvalue weighted by Crippen LogP contribution is 2.19. The lowest BCUT2D eigenvalue weighted by Gasteiger charge is -2.17. The van der Waals surface area contributed by atoms with Gasteiger partial charge in [0, 0.05) is 24.7 Å². The molecule has 0 saturated carbocycles. The predicted molar refractivity (Wildman–Crippen MR) is 97.5 cm³/mol. The van der Waals surface area contributed by atoms with Gasteiger partial charge in [-0.15, -0.1) is 12.4 Å². The molecule has 0 aromatic heterocycles. The lowest BCUT2D eigenvalue weighted by molar-refractivity contribution is -0.385. The molecule has 24 heavy (non-hydrogen) atoms. The van der Waals surface area contributed by atoms with Crippen LogP contribution in [0.1, 0.15) is 30.6 Å². The van der Waals surface area contributed by atoms with Gasteiger partial charge in [0.1, 0.15) is 0 Å². The smallest absolute Gasteiger partial charge is 0.269 e. The Bertz CT molecular complexity index is 637. The summed E-state index contributed by atoms with van der Waals surface area (Å²) in [6.45, 7) is 2.44. The van der Waals surface area contributed by atoms with Crippen molar-refractivity contribution in [3.05, 3.63) is 75.8 Å². The Morgan fingerprint density at radius 3 is 2.54 bits per heavy atom. The Morgan fingerprint density at radius 1 is 1.17 bits per heavy atom. The molecule has 0 aliphatic heterocycles. The van der Waals surface area contributed by atoms with Gasteiger partial charge in [-0.1, -0.05) is 42.5 Å². The van der Waals surface area contributed by atoms with Crippen molar-refractivity contribution in [3.63, 3.8) is 0 Å². The number of halogens is 1. The molecule has 2 aromatic carbocycles. The molecule has 2 atom stereocenters. The third-order valence-electron chi connectivity index (χ3n) is 3.83. The zero-order chi connectivity index (χ0) is 16.7. The Kier molecular flexibility index (Phi) is 8.40. The fourth-order valence-electron chi connectivity index (χ4n) is 2.41. The van der Waals surface area contributed by atoms with Crippen LogP contribution in [-0.2, 0) is 6.42 Å². The van der Waals surface area contributed by atoms with E-state index in [9.17, 15) is 15.2 Å². The molecule has 130 valence electrons. The molecule has 2 N–H and O–H groups in total. The number of nitrogens with zero attached hydrogens (tertiary/aromatic N) is 1. The summed E-state index contributed by atoms with van der Waals surface area (Å²) in [6, 6.07) is 16.6. The first-order valence-electron chi connectivity index (χ1n) is 7.76. The largest absolute Gasteiger partial charge is 0.387 e. The maximum Gasteiger partial charge on any atom is 0.269 e. The van der Waals surface area contributed by atoms with Crippen LogP contribution in [0.15, 0.2) is 54.6 Å². The number of aliphatic hydroxyl groups excluding tert-OH is 1. The van der Waals surface area contributed by atoms with Gasteiger partial charge in [0.15, 0.2) is 0 Å². The van der Waals surface area contributed by atoms with Crippen LogP contribution >= 0.6 is 12.4 Å². The van der Waals surface area contributed by atoms with Crippen LogP contribution in [-0.4, -0.2) is 22.6 Å². The first-order valence-corrected chi connectivity index (χ1v) is 7.76. The SMILES string of the molecule is CC(CCc1ccccc1)NCC(O)c1cccc([N+](=O)[O-])c1.Cl. The highest BCUT2D eigenvalue weighted by atomic mass is 35.5. The number of hydrogen-bond acceptors (Lipinski definition) is 4. The second-order valence-corrected chi connectivity index (χ2v) is 5.70. The average Bonchev–Trinajstić information content (AvgIpc) is 2.58. The summed E-state index contributed by atoms with van der Waals surface area (Å²) in [4.78, 5) is 10.3. The van der Waals surface area contributed by atoms with E-state index in [4.69, 9.17) is 0 Å². The molecule has 2 aromatic rings. The maximum absolute atomic E-state index is 10.8. The average molecular weight is 351 g/mol. The minimum atomic E-state index is -0.755. The summed E-state index contributed by atoms with van der Waals surface area (Å²) in [5.41, 5.74) is 1.85. The van der Waals surface area contributed by atoms with Gasteiger partial charge in [0.25, 0.3) is 5.69 Å². The molecular formula is C18H23ClN2O3. The normalized spacial score (nSPS) is 12.9. The van der Waals surface area contributed by atoms with Crippen molar-refractivity contribution in [1.29, 1.82) is 0 Å². The van der Waals surface area contributed by atoms with Crippen LogP contribution in [0.4, 0.5) is 5.69 Å². The molecule has 2 unspecified atom stereocenters. The highest BCUT2D eigenvalue weighted by Gasteiger charge is 2.13. The van der Waals surface area contributed by atoms with E-state index in [-0.39, 0.29) is 24.1 Å². The first-order chi connectivity index (χ1) is 11.1. The molecule has 0 saturated heterocycles. The van der Waals surface area contributed by atoms with Crippen molar-refractivity contribution in [2.24, 2.45) is 0 Å². The molecule has 0 spiro atoms. The lowest BCUT2D eigenvalue weighted by atomic mass is 10.1. The summed E-state index contributed by atoms with van der Waals surface area (Å²) in [7, 11) is 0. The number of nitro benzene ring substituents is 1. The molecule has 0 bridgehead atoms. The van der Waals surface area contributed by atoms with Gasteiger partial charge in [-0.3, -0.25) is 10.1 Å². The van der Waals surface area contributed by atoms with Crippen molar-refractivity contribution < 1.29 is 10.0 Å². The molecule has 0 heterocycles. The van der Waals surface area contributed by atoms with Gasteiger partial charge in [0.2, 0.25) is 0 Å². The van der Waals surface area contributed by atoms with Crippen LogP contribution in [0.5, 0.6) is 0 Å². The fraction of sp³-hybridized carbons (Fsp3) is 0.333. The topological polar surface area (TPSA) is 75.4 Å². The van der Waals surface area contributed by atoms with E-state index in [0.717, 1.165) is 12.8 Å². The second kappa shape index (κ2) is 10.0. The number of hydrogen-bond donors (Lipinski definition) is 2. The van der Waals surface area contributed by atoms with Crippen molar-refractivity contribution in [2.45, 2.75) is 31.9 Å². The van der Waals surface area contributed by atoms with Crippen LogP contribution in [0.3, 0.4) is 0 Å². The number of nitrogens with one attached hydrogen (secondary N) is 1. The minimum Gasteiger partial charge on any atom is -0.387 e. The molecule has 0 aliphatic rings. The monoisotopic (exact) mass is 350 g/mol. The van der Waals surface area contributed by atoms with Crippen molar-refractivity contribution in [3.8, 4) is 0 Å². The standard InChI is InChI=1S/C18H22N2O3.ClH/c1-14(10-11-15-6-3-2-4-7-15)19-13-18(21)16-8-5-9-17(12-16)20(22)23;/h2-9,12,14,18-19,21H,10-11,13H2,1H3;1H. The number of benzene rings is 2. The van der Waals surface area contributed by atoms with Gasteiger partial charge < -0.3 is 10.4 Å². The number of nitro groups is 1. The van der Waals surface area contributed by atoms with E-state index in [0.29, 0.717) is 12.1 Å². The number of aliphatic hydroxyl groups is 1. The van der Waals surface area contributed by atoms with E-state index in [1.807, 2.05) is 18.2 Å². The minimum absolute atomic E-state index is 0. The number of non-ortho nitro benzene ring substituents is 1. The van der Waals surface area contributed by atoms with E-state index >= 15 is 0 Å². The molecule has 0 radical (unpaired) electrons. The second-order valence-electron chi connectivity index (χ2n) is 5.70. The van der Waals surface area contributed by atoms with Crippen LogP contribution < -0.4 is 5.32 Å². The molecule has 5 nitrogen and oxygen atoms in total. The van der Waals surface area contributed by atoms with Crippen LogP contribution in [0.2, 0.25) is 0 Å². The molecule has 0 fully saturated rings. The van der Waals surface area contributed by atoms with Gasteiger partial charge in [0.05, 0.1) is 11.0 Å². The molecular weight excluding hydrogens is 328 g/mol. The maximum atomic E-state index is 10.8. The van der Waals surface area contributed by atoms with Crippen molar-refractivity contribution in [1.82, 2.24) is 5.32 Å². The summed E-state index contributed by atoms with van der Waals surface area (Å²) in [6.07, 6.45) is 1.18. The summed E-state index contributed by atoms with van der Waals surface area (Å²) >= 11 is 0. The summed E-state index contributed by atoms with van der Waals surface area (Å²) in [5.74, 6) is 0. The summed E-state index contributed by atoms with van der Waals surface area (Å²) in [5, 5.41) is 24.2. The molecule has 2 rings (SSSR count).